The van der Waals surface area contributed by atoms with E-state index < -0.39 is 17.6 Å². The van der Waals surface area contributed by atoms with Crippen LogP contribution in [0.3, 0.4) is 0 Å². The number of aryl methyl sites for hydroxylation is 1. The van der Waals surface area contributed by atoms with E-state index >= 15 is 0 Å². The molecular formula is C34H41ClN4O5. The second kappa shape index (κ2) is 13.4. The van der Waals surface area contributed by atoms with Crippen LogP contribution in [0.25, 0.3) is 10.9 Å². The van der Waals surface area contributed by atoms with Gasteiger partial charge in [0.15, 0.2) is 5.60 Å². The summed E-state index contributed by atoms with van der Waals surface area (Å²) in [6, 6.07) is 12.8. The van der Waals surface area contributed by atoms with Crippen molar-refractivity contribution in [2.45, 2.75) is 77.4 Å². The molecule has 0 spiro atoms. The van der Waals surface area contributed by atoms with Gasteiger partial charge in [0.1, 0.15) is 6.04 Å². The van der Waals surface area contributed by atoms with Crippen LogP contribution in [0.5, 0.6) is 0 Å². The lowest BCUT2D eigenvalue weighted by molar-refractivity contribution is -0.169. The summed E-state index contributed by atoms with van der Waals surface area (Å²) in [5, 5.41) is 4.76. The molecule has 2 N–H and O–H groups in total. The van der Waals surface area contributed by atoms with Crippen molar-refractivity contribution in [3.8, 4) is 0 Å². The molecule has 234 valence electrons. The quantitative estimate of drug-likeness (QED) is 0.320. The van der Waals surface area contributed by atoms with Gasteiger partial charge < -0.3 is 24.8 Å². The Balaban J connectivity index is 1.23. The molecule has 0 bridgehead atoms. The number of esters is 1. The molecule has 1 saturated heterocycles. The standard InChI is InChI=1S/C34H41ClN4O5/c1-22(40)44-34(2,3)33(43)38-17-14-23(15-18-38)10-13-31(41)37-29(20-25-21-36-28-9-5-4-8-27(25)28)32(42)39-16-6-7-24-19-26(35)11-12-30(24)39/h4-5,8-9,11-12,19,21,23,29,36H,6-7,10,13-18,20H2,1-3H3,(H,37,41). The number of nitrogens with zero attached hydrogens (tertiary/aromatic N) is 2. The number of hydrogen-bond donors (Lipinski definition) is 2. The first-order valence-corrected chi connectivity index (χ1v) is 15.8. The van der Waals surface area contributed by atoms with E-state index in [9.17, 15) is 19.2 Å². The summed E-state index contributed by atoms with van der Waals surface area (Å²) < 4.78 is 5.22. The van der Waals surface area contributed by atoms with Gasteiger partial charge in [0, 0.05) is 67.2 Å². The first kappa shape index (κ1) is 31.6. The van der Waals surface area contributed by atoms with Crippen molar-refractivity contribution in [1.82, 2.24) is 15.2 Å². The van der Waals surface area contributed by atoms with Crippen molar-refractivity contribution in [2.24, 2.45) is 5.92 Å². The van der Waals surface area contributed by atoms with Gasteiger partial charge in [-0.2, -0.15) is 0 Å². The van der Waals surface area contributed by atoms with Gasteiger partial charge in [-0.15, -0.1) is 0 Å². The number of nitrogens with one attached hydrogen (secondary N) is 2. The van der Waals surface area contributed by atoms with Crippen LogP contribution in [0.1, 0.15) is 64.0 Å². The maximum atomic E-state index is 14.1. The van der Waals surface area contributed by atoms with Crippen molar-refractivity contribution < 1.29 is 23.9 Å². The highest BCUT2D eigenvalue weighted by Crippen LogP contribution is 2.31. The van der Waals surface area contributed by atoms with Gasteiger partial charge in [0.2, 0.25) is 11.8 Å². The number of fused-ring (bicyclic) bond motifs is 2. The summed E-state index contributed by atoms with van der Waals surface area (Å²) in [6.07, 6.45) is 6.45. The Morgan fingerprint density at radius 2 is 1.84 bits per heavy atom. The second-order valence-electron chi connectivity index (χ2n) is 12.4. The topological polar surface area (TPSA) is 112 Å². The van der Waals surface area contributed by atoms with E-state index in [-0.39, 0.29) is 23.6 Å². The molecule has 44 heavy (non-hydrogen) atoms. The van der Waals surface area contributed by atoms with E-state index in [0.717, 1.165) is 53.4 Å². The molecule has 9 nitrogen and oxygen atoms in total. The van der Waals surface area contributed by atoms with E-state index in [0.29, 0.717) is 43.9 Å². The molecule has 0 aliphatic carbocycles. The van der Waals surface area contributed by atoms with E-state index in [1.54, 1.807) is 29.7 Å². The molecule has 0 radical (unpaired) electrons. The number of rotatable bonds is 9. The molecule has 0 saturated carbocycles. The molecule has 3 amide bonds. The lowest BCUT2D eigenvalue weighted by Crippen LogP contribution is -2.51. The van der Waals surface area contributed by atoms with Crippen molar-refractivity contribution in [2.75, 3.05) is 24.5 Å². The molecule has 10 heteroatoms. The highest BCUT2D eigenvalue weighted by atomic mass is 35.5. The van der Waals surface area contributed by atoms with Crippen LogP contribution < -0.4 is 10.2 Å². The number of amides is 3. The number of H-pyrrole nitrogens is 1. The molecule has 1 atom stereocenters. The smallest absolute Gasteiger partial charge is 0.303 e. The fourth-order valence-corrected chi connectivity index (χ4v) is 6.71. The maximum Gasteiger partial charge on any atom is 0.303 e. The zero-order valence-corrected chi connectivity index (χ0v) is 26.4. The molecule has 1 fully saturated rings. The molecule has 1 aromatic heterocycles. The number of hydrogen-bond acceptors (Lipinski definition) is 5. The summed E-state index contributed by atoms with van der Waals surface area (Å²) >= 11 is 6.24. The average Bonchev–Trinajstić information content (AvgIpc) is 3.41. The van der Waals surface area contributed by atoms with Crippen LogP contribution in [0.4, 0.5) is 5.69 Å². The predicted octanol–water partition coefficient (Wildman–Crippen LogP) is 5.19. The van der Waals surface area contributed by atoms with Crippen molar-refractivity contribution in [1.29, 1.82) is 0 Å². The van der Waals surface area contributed by atoms with Crippen LogP contribution >= 0.6 is 11.6 Å². The Hall–Kier alpha value is -3.85. The fourth-order valence-electron chi connectivity index (χ4n) is 6.51. The van der Waals surface area contributed by atoms with Gasteiger partial charge in [-0.05, 0) is 87.3 Å². The van der Waals surface area contributed by atoms with E-state index in [1.165, 1.54) is 6.92 Å². The lowest BCUT2D eigenvalue weighted by atomic mass is 9.91. The van der Waals surface area contributed by atoms with Crippen LogP contribution in [0, 0.1) is 5.92 Å². The molecule has 1 unspecified atom stereocenters. The molecule has 5 rings (SSSR count). The number of para-hydroxylation sites is 1. The highest BCUT2D eigenvalue weighted by Gasteiger charge is 2.37. The Morgan fingerprint density at radius 1 is 1.09 bits per heavy atom. The second-order valence-corrected chi connectivity index (χ2v) is 12.9. The minimum absolute atomic E-state index is 0.130. The largest absolute Gasteiger partial charge is 0.450 e. The summed E-state index contributed by atoms with van der Waals surface area (Å²) in [5.41, 5.74) is 2.64. The van der Waals surface area contributed by atoms with Crippen LogP contribution in [-0.4, -0.2) is 64.9 Å². The SMILES string of the molecule is CC(=O)OC(C)(C)C(=O)N1CCC(CCC(=O)NC(Cc2c[nH]c3ccccc23)C(=O)N2CCCc3cc(Cl)ccc32)CC1. The third-order valence-electron chi connectivity index (χ3n) is 8.75. The van der Waals surface area contributed by atoms with Gasteiger partial charge in [0.05, 0.1) is 0 Å². The van der Waals surface area contributed by atoms with Gasteiger partial charge in [0.25, 0.3) is 5.91 Å². The normalized spacial score (nSPS) is 16.4. The molecule has 3 heterocycles. The first-order valence-electron chi connectivity index (χ1n) is 15.4. The Labute approximate surface area is 263 Å². The average molecular weight is 621 g/mol. The molecular weight excluding hydrogens is 580 g/mol. The van der Waals surface area contributed by atoms with Gasteiger partial charge >= 0.3 is 5.97 Å². The summed E-state index contributed by atoms with van der Waals surface area (Å²) in [5.74, 6) is -0.702. The van der Waals surface area contributed by atoms with E-state index in [4.69, 9.17) is 16.3 Å². The highest BCUT2D eigenvalue weighted by molar-refractivity contribution is 6.30. The van der Waals surface area contributed by atoms with Crippen LogP contribution in [-0.2, 0) is 36.8 Å². The van der Waals surface area contributed by atoms with Crippen LogP contribution in [0.15, 0.2) is 48.7 Å². The van der Waals surface area contributed by atoms with Gasteiger partial charge in [-0.1, -0.05) is 29.8 Å². The molecule has 2 aliphatic rings. The Morgan fingerprint density at radius 3 is 2.59 bits per heavy atom. The third kappa shape index (κ3) is 7.26. The number of aromatic amines is 1. The summed E-state index contributed by atoms with van der Waals surface area (Å²) in [6.45, 7) is 6.20. The number of halogens is 1. The first-order chi connectivity index (χ1) is 21.0. The predicted molar refractivity (Wildman–Crippen MR) is 170 cm³/mol. The molecule has 2 aromatic carbocycles. The number of likely N-dealkylation sites (tertiary alicyclic amines) is 1. The minimum Gasteiger partial charge on any atom is -0.450 e. The summed E-state index contributed by atoms with van der Waals surface area (Å²) in [7, 11) is 0. The minimum atomic E-state index is -1.20. The summed E-state index contributed by atoms with van der Waals surface area (Å²) in [4.78, 5) is 58.6. The van der Waals surface area contributed by atoms with E-state index in [1.807, 2.05) is 42.6 Å². The van der Waals surface area contributed by atoms with Crippen molar-refractivity contribution in [3.05, 3.63) is 64.8 Å². The zero-order chi connectivity index (χ0) is 31.4. The molecule has 3 aromatic rings. The Bertz CT molecular complexity index is 1540. The fraction of sp³-hybridized carbons (Fsp3) is 0.471. The Kier molecular flexibility index (Phi) is 9.63. The van der Waals surface area contributed by atoms with E-state index in [2.05, 4.69) is 10.3 Å². The number of carbonyl (C=O) groups is 4. The number of piperidine rings is 1. The number of ether oxygens (including phenoxy) is 1. The lowest BCUT2D eigenvalue weighted by Gasteiger charge is -2.36. The van der Waals surface area contributed by atoms with Gasteiger partial charge in [-0.25, -0.2) is 0 Å². The number of carbonyl (C=O) groups excluding carboxylic acids is 4. The maximum absolute atomic E-state index is 14.1. The number of aromatic nitrogens is 1. The molecule has 2 aliphatic heterocycles. The zero-order valence-electron chi connectivity index (χ0n) is 25.7. The van der Waals surface area contributed by atoms with Crippen LogP contribution in [0.2, 0.25) is 5.02 Å². The van der Waals surface area contributed by atoms with Crippen molar-refractivity contribution in [3.63, 3.8) is 0 Å². The van der Waals surface area contributed by atoms with Crippen molar-refractivity contribution >= 4 is 51.9 Å². The third-order valence-corrected chi connectivity index (χ3v) is 8.99. The number of anilines is 1. The van der Waals surface area contributed by atoms with Gasteiger partial charge in [-0.3, -0.25) is 19.2 Å². The number of benzene rings is 2. The monoisotopic (exact) mass is 620 g/mol.